The fourth-order valence-corrected chi connectivity index (χ4v) is 4.94. The molecule has 1 fully saturated rings. The molecule has 2 N–H and O–H groups in total. The third-order valence-electron chi connectivity index (χ3n) is 6.32. The van der Waals surface area contributed by atoms with Crippen LogP contribution in [0.3, 0.4) is 0 Å². The van der Waals surface area contributed by atoms with Gasteiger partial charge in [-0.1, -0.05) is 30.3 Å². The van der Waals surface area contributed by atoms with Gasteiger partial charge >= 0.3 is 0 Å². The van der Waals surface area contributed by atoms with Crippen molar-refractivity contribution in [3.63, 3.8) is 0 Å². The molecule has 0 saturated carbocycles. The van der Waals surface area contributed by atoms with Crippen LogP contribution in [0.4, 0.5) is 5.69 Å². The molecule has 0 radical (unpaired) electrons. The third kappa shape index (κ3) is 4.96. The zero-order valence-electron chi connectivity index (χ0n) is 17.4. The fraction of sp³-hybridized carbons (Fsp3) is 0.478. The number of benzene rings is 2. The molecule has 7 heteroatoms. The molecular weight excluding hydrogens is 398 g/mol. The normalized spacial score (nSPS) is 21.2. The van der Waals surface area contributed by atoms with Gasteiger partial charge < -0.3 is 15.0 Å². The lowest BCUT2D eigenvalue weighted by Gasteiger charge is -2.42. The highest BCUT2D eigenvalue weighted by molar-refractivity contribution is 7.70. The van der Waals surface area contributed by atoms with Crippen molar-refractivity contribution in [2.45, 2.75) is 31.2 Å². The number of likely N-dealkylation sites (N-methyl/N-ethyl adjacent to an activating group) is 1. The van der Waals surface area contributed by atoms with E-state index in [-0.39, 0.29) is 6.04 Å². The standard InChI is InChI=1S/C23H31N3O3S/c1-24-22-16-29-23-10-9-19(26-14-18(15-26)8-5-11-25-30(27)28)13-21(23)20(22)12-17-6-3-2-4-7-17/h2-4,6-7,9-10,13,18,20,22,24,30H,5,8,11-12,14-16H2,1H3,(H,25,27,28). The van der Waals surface area contributed by atoms with E-state index in [1.165, 1.54) is 16.8 Å². The molecule has 0 aromatic heterocycles. The predicted molar refractivity (Wildman–Crippen MR) is 121 cm³/mol. The first-order valence-corrected chi connectivity index (χ1v) is 11.9. The number of thiol groups is 1. The Kier molecular flexibility index (Phi) is 6.92. The molecule has 2 unspecified atom stereocenters. The summed E-state index contributed by atoms with van der Waals surface area (Å²) in [6, 6.07) is 17.5. The van der Waals surface area contributed by atoms with Gasteiger partial charge in [0.05, 0.1) is 0 Å². The van der Waals surface area contributed by atoms with Crippen LogP contribution in [0.1, 0.15) is 29.9 Å². The van der Waals surface area contributed by atoms with Gasteiger partial charge in [-0.25, -0.2) is 13.1 Å². The van der Waals surface area contributed by atoms with Crippen LogP contribution in [0.15, 0.2) is 48.5 Å². The second-order valence-electron chi connectivity index (χ2n) is 8.30. The van der Waals surface area contributed by atoms with Gasteiger partial charge in [0.15, 0.2) is 0 Å². The molecule has 2 aliphatic rings. The zero-order valence-corrected chi connectivity index (χ0v) is 18.3. The van der Waals surface area contributed by atoms with Crippen molar-refractivity contribution in [1.82, 2.24) is 10.0 Å². The molecule has 6 nitrogen and oxygen atoms in total. The van der Waals surface area contributed by atoms with E-state index in [9.17, 15) is 8.42 Å². The topological polar surface area (TPSA) is 70.7 Å². The van der Waals surface area contributed by atoms with Crippen molar-refractivity contribution in [3.8, 4) is 5.75 Å². The quantitative estimate of drug-likeness (QED) is 0.422. The smallest absolute Gasteiger partial charge is 0.201 e. The number of nitrogens with zero attached hydrogens (tertiary/aromatic N) is 1. The number of anilines is 1. The Bertz CT molecular complexity index is 905. The van der Waals surface area contributed by atoms with Crippen LogP contribution in [-0.2, 0) is 17.3 Å². The molecule has 0 aliphatic carbocycles. The molecule has 1 saturated heterocycles. The highest BCUT2D eigenvalue weighted by Gasteiger charge is 2.32. The van der Waals surface area contributed by atoms with E-state index in [1.807, 2.05) is 7.05 Å². The van der Waals surface area contributed by atoms with Crippen molar-refractivity contribution in [3.05, 3.63) is 59.7 Å². The van der Waals surface area contributed by atoms with Crippen LogP contribution in [-0.4, -0.2) is 47.7 Å². The van der Waals surface area contributed by atoms with Crippen LogP contribution >= 0.6 is 0 Å². The highest BCUT2D eigenvalue weighted by atomic mass is 32.2. The Morgan fingerprint density at radius 1 is 1.13 bits per heavy atom. The molecular formula is C23H31N3O3S. The van der Waals surface area contributed by atoms with Gasteiger partial charge in [0, 0.05) is 42.8 Å². The van der Waals surface area contributed by atoms with Crippen LogP contribution < -0.4 is 19.7 Å². The molecule has 30 heavy (non-hydrogen) atoms. The first-order valence-electron chi connectivity index (χ1n) is 10.7. The Morgan fingerprint density at radius 3 is 2.67 bits per heavy atom. The lowest BCUT2D eigenvalue weighted by atomic mass is 9.83. The van der Waals surface area contributed by atoms with Gasteiger partial charge in [0.1, 0.15) is 12.4 Å². The maximum absolute atomic E-state index is 10.6. The molecule has 2 aromatic carbocycles. The number of rotatable bonds is 9. The van der Waals surface area contributed by atoms with E-state index in [1.54, 1.807) is 0 Å². The van der Waals surface area contributed by atoms with Crippen molar-refractivity contribution in [2.75, 3.05) is 38.2 Å². The lowest BCUT2D eigenvalue weighted by Crippen LogP contribution is -2.47. The van der Waals surface area contributed by atoms with Crippen molar-refractivity contribution in [2.24, 2.45) is 5.92 Å². The van der Waals surface area contributed by atoms with Gasteiger partial charge in [-0.15, -0.1) is 0 Å². The second kappa shape index (κ2) is 9.81. The Balaban J connectivity index is 1.42. The van der Waals surface area contributed by atoms with E-state index in [4.69, 9.17) is 4.74 Å². The predicted octanol–water partition coefficient (Wildman–Crippen LogP) is 2.33. The molecule has 0 bridgehead atoms. The average Bonchev–Trinajstić information content (AvgIpc) is 2.73. The van der Waals surface area contributed by atoms with Gasteiger partial charge in [0.25, 0.3) is 0 Å². The van der Waals surface area contributed by atoms with E-state index in [2.05, 4.69) is 63.5 Å². The Morgan fingerprint density at radius 2 is 1.93 bits per heavy atom. The second-order valence-corrected chi connectivity index (χ2v) is 9.13. The summed E-state index contributed by atoms with van der Waals surface area (Å²) >= 11 is 0. The summed E-state index contributed by atoms with van der Waals surface area (Å²) in [6.45, 7) is 3.29. The molecule has 2 aromatic rings. The van der Waals surface area contributed by atoms with Crippen molar-refractivity contribution < 1.29 is 13.2 Å². The molecule has 4 rings (SSSR count). The molecule has 2 atom stereocenters. The Hall–Kier alpha value is -2.09. The fourth-order valence-electron chi connectivity index (χ4n) is 4.60. The van der Waals surface area contributed by atoms with Gasteiger partial charge in [-0.3, -0.25) is 0 Å². The van der Waals surface area contributed by atoms with Gasteiger partial charge in [-0.05, 0) is 56.0 Å². The van der Waals surface area contributed by atoms with Crippen molar-refractivity contribution in [1.29, 1.82) is 0 Å². The summed E-state index contributed by atoms with van der Waals surface area (Å²) in [5.74, 6) is 2.01. The molecule has 162 valence electrons. The van der Waals surface area contributed by atoms with Crippen LogP contribution in [0.25, 0.3) is 0 Å². The van der Waals surface area contributed by atoms with Crippen LogP contribution in [0, 0.1) is 5.92 Å². The summed E-state index contributed by atoms with van der Waals surface area (Å²) in [5, 5.41) is 3.45. The molecule has 2 aliphatic heterocycles. The molecule has 0 amide bonds. The number of fused-ring (bicyclic) bond motifs is 1. The first-order chi connectivity index (χ1) is 14.6. The Labute approximate surface area is 180 Å². The van der Waals surface area contributed by atoms with Crippen LogP contribution in [0.2, 0.25) is 0 Å². The third-order valence-corrected chi connectivity index (χ3v) is 6.80. The SMILES string of the molecule is CNC1COc2ccc(N3CC(CCCN[SH](=O)=O)C3)cc2C1Cc1ccccc1. The number of hydrogen-bond acceptors (Lipinski definition) is 5. The number of ether oxygens (including phenoxy) is 1. The maximum Gasteiger partial charge on any atom is 0.201 e. The van der Waals surface area contributed by atoms with Crippen molar-refractivity contribution >= 4 is 16.6 Å². The van der Waals surface area contributed by atoms with E-state index in [0.29, 0.717) is 25.0 Å². The van der Waals surface area contributed by atoms with E-state index >= 15 is 0 Å². The minimum Gasteiger partial charge on any atom is -0.492 e. The minimum atomic E-state index is -2.47. The summed E-state index contributed by atoms with van der Waals surface area (Å²) in [4.78, 5) is 2.41. The van der Waals surface area contributed by atoms with Crippen LogP contribution in [0.5, 0.6) is 5.75 Å². The monoisotopic (exact) mass is 429 g/mol. The highest BCUT2D eigenvalue weighted by Crippen LogP contribution is 2.39. The summed E-state index contributed by atoms with van der Waals surface area (Å²) in [6.07, 6.45) is 2.94. The number of hydrogen-bond donors (Lipinski definition) is 3. The lowest BCUT2D eigenvalue weighted by molar-refractivity contribution is 0.219. The first kappa shape index (κ1) is 21.2. The largest absolute Gasteiger partial charge is 0.492 e. The molecule has 2 heterocycles. The van der Waals surface area contributed by atoms with E-state index < -0.39 is 10.9 Å². The van der Waals surface area contributed by atoms with Gasteiger partial charge in [-0.2, -0.15) is 0 Å². The summed E-state index contributed by atoms with van der Waals surface area (Å²) in [5.41, 5.74) is 3.89. The summed E-state index contributed by atoms with van der Waals surface area (Å²) < 4.78 is 29.7. The maximum atomic E-state index is 10.6. The summed E-state index contributed by atoms with van der Waals surface area (Å²) in [7, 11) is -0.461. The molecule has 0 spiro atoms. The van der Waals surface area contributed by atoms with E-state index in [0.717, 1.165) is 38.1 Å². The number of nitrogens with one attached hydrogen (secondary N) is 2. The van der Waals surface area contributed by atoms with Gasteiger partial charge in [0.2, 0.25) is 10.9 Å². The average molecular weight is 430 g/mol. The minimum absolute atomic E-state index is 0.289. The zero-order chi connectivity index (χ0) is 20.9.